The molecule has 96 valence electrons. The van der Waals surface area contributed by atoms with E-state index in [1.165, 1.54) is 5.56 Å². The molecular formula is C17H16O2. The van der Waals surface area contributed by atoms with Crippen LogP contribution in [0.5, 0.6) is 5.75 Å². The van der Waals surface area contributed by atoms with E-state index in [0.29, 0.717) is 6.61 Å². The lowest BCUT2D eigenvalue weighted by Crippen LogP contribution is -1.95. The maximum Gasteiger partial charge on any atom is 0.119 e. The summed E-state index contributed by atoms with van der Waals surface area (Å²) in [6.07, 6.45) is 0. The average Bonchev–Trinajstić information content (AvgIpc) is 2.46. The normalized spacial score (nSPS) is 9.58. The van der Waals surface area contributed by atoms with Gasteiger partial charge in [0.25, 0.3) is 0 Å². The highest BCUT2D eigenvalue weighted by atomic mass is 16.5. The molecule has 2 rings (SSSR count). The van der Waals surface area contributed by atoms with E-state index < -0.39 is 0 Å². The van der Waals surface area contributed by atoms with Crippen molar-refractivity contribution in [2.75, 3.05) is 6.61 Å². The van der Waals surface area contributed by atoms with Gasteiger partial charge in [0.2, 0.25) is 0 Å². The van der Waals surface area contributed by atoms with Crippen LogP contribution in [0.4, 0.5) is 0 Å². The summed E-state index contributed by atoms with van der Waals surface area (Å²) in [5, 5.41) is 8.62. The van der Waals surface area contributed by atoms with Gasteiger partial charge >= 0.3 is 0 Å². The van der Waals surface area contributed by atoms with E-state index in [9.17, 15) is 0 Å². The van der Waals surface area contributed by atoms with Crippen LogP contribution in [0, 0.1) is 18.8 Å². The van der Waals surface area contributed by atoms with E-state index in [0.717, 1.165) is 16.9 Å². The third kappa shape index (κ3) is 4.17. The minimum absolute atomic E-state index is 0.113. The second-order valence-electron chi connectivity index (χ2n) is 4.26. The molecule has 0 unspecified atom stereocenters. The van der Waals surface area contributed by atoms with Gasteiger partial charge in [-0.1, -0.05) is 41.7 Å². The van der Waals surface area contributed by atoms with Crippen molar-refractivity contribution in [3.63, 3.8) is 0 Å². The Hall–Kier alpha value is -2.24. The average molecular weight is 252 g/mol. The molecule has 0 spiro atoms. The van der Waals surface area contributed by atoms with E-state index in [1.807, 2.05) is 48.5 Å². The van der Waals surface area contributed by atoms with Crippen LogP contribution in [0.3, 0.4) is 0 Å². The first-order chi connectivity index (χ1) is 9.28. The second kappa shape index (κ2) is 6.63. The van der Waals surface area contributed by atoms with Crippen molar-refractivity contribution in [2.24, 2.45) is 0 Å². The van der Waals surface area contributed by atoms with Crippen LogP contribution >= 0.6 is 0 Å². The third-order valence-electron chi connectivity index (χ3n) is 2.69. The van der Waals surface area contributed by atoms with Crippen LogP contribution < -0.4 is 4.74 Å². The molecule has 0 saturated heterocycles. The number of rotatable bonds is 3. The molecule has 19 heavy (non-hydrogen) atoms. The summed E-state index contributed by atoms with van der Waals surface area (Å²) in [4.78, 5) is 0. The smallest absolute Gasteiger partial charge is 0.119 e. The summed E-state index contributed by atoms with van der Waals surface area (Å²) in [5.74, 6) is 6.35. The standard InChI is InChI=1S/C17H16O2/c1-14-4-10-17(11-5-14)19-13-16-8-6-15(7-9-16)3-2-12-18/h4-11,18H,12-13H2,1H3. The molecule has 1 N–H and O–H groups in total. The number of aliphatic hydroxyl groups is 1. The molecule has 0 aromatic heterocycles. The topological polar surface area (TPSA) is 29.5 Å². The maximum absolute atomic E-state index is 8.62. The van der Waals surface area contributed by atoms with Crippen LogP contribution in [0.25, 0.3) is 0 Å². The molecule has 0 heterocycles. The molecule has 0 bridgehead atoms. The highest BCUT2D eigenvalue weighted by Gasteiger charge is 1.96. The van der Waals surface area contributed by atoms with Crippen molar-refractivity contribution >= 4 is 0 Å². The Morgan fingerprint density at radius 2 is 1.68 bits per heavy atom. The molecule has 0 aliphatic rings. The van der Waals surface area contributed by atoms with E-state index in [2.05, 4.69) is 18.8 Å². The lowest BCUT2D eigenvalue weighted by atomic mass is 10.1. The van der Waals surface area contributed by atoms with E-state index >= 15 is 0 Å². The van der Waals surface area contributed by atoms with Crippen molar-refractivity contribution in [1.82, 2.24) is 0 Å². The number of hydrogen-bond acceptors (Lipinski definition) is 2. The summed E-state index contributed by atoms with van der Waals surface area (Å²) in [5.41, 5.74) is 3.21. The number of aryl methyl sites for hydroxylation is 1. The molecule has 0 radical (unpaired) electrons. The van der Waals surface area contributed by atoms with Gasteiger partial charge in [0, 0.05) is 5.56 Å². The molecule has 0 fully saturated rings. The van der Waals surface area contributed by atoms with Crippen LogP contribution in [0.15, 0.2) is 48.5 Å². The van der Waals surface area contributed by atoms with Gasteiger partial charge in [0.1, 0.15) is 19.0 Å². The highest BCUT2D eigenvalue weighted by molar-refractivity contribution is 5.36. The van der Waals surface area contributed by atoms with Gasteiger partial charge in [0.05, 0.1) is 0 Å². The Morgan fingerprint density at radius 1 is 1.00 bits per heavy atom. The number of ether oxygens (including phenoxy) is 1. The zero-order valence-electron chi connectivity index (χ0n) is 10.9. The van der Waals surface area contributed by atoms with Gasteiger partial charge in [-0.05, 0) is 36.8 Å². The third-order valence-corrected chi connectivity index (χ3v) is 2.69. The summed E-state index contributed by atoms with van der Waals surface area (Å²) in [6.45, 7) is 2.48. The van der Waals surface area contributed by atoms with Crippen LogP contribution in [-0.2, 0) is 6.61 Å². The van der Waals surface area contributed by atoms with E-state index in [4.69, 9.17) is 9.84 Å². The Morgan fingerprint density at radius 3 is 2.32 bits per heavy atom. The molecule has 0 atom stereocenters. The summed E-state index contributed by atoms with van der Waals surface area (Å²) < 4.78 is 5.69. The molecule has 2 heteroatoms. The molecular weight excluding hydrogens is 236 g/mol. The number of hydrogen-bond donors (Lipinski definition) is 1. The quantitative estimate of drug-likeness (QED) is 0.851. The molecule has 2 aromatic carbocycles. The van der Waals surface area contributed by atoms with Crippen LogP contribution in [0.1, 0.15) is 16.7 Å². The van der Waals surface area contributed by atoms with Gasteiger partial charge in [0.15, 0.2) is 0 Å². The van der Waals surface area contributed by atoms with Crippen molar-refractivity contribution < 1.29 is 9.84 Å². The van der Waals surface area contributed by atoms with Crippen molar-refractivity contribution in [3.05, 3.63) is 65.2 Å². The second-order valence-corrected chi connectivity index (χ2v) is 4.26. The Balaban J connectivity index is 1.94. The lowest BCUT2D eigenvalue weighted by molar-refractivity contribution is 0.306. The zero-order valence-corrected chi connectivity index (χ0v) is 10.9. The Labute approximate surface area is 113 Å². The number of aliphatic hydroxyl groups excluding tert-OH is 1. The van der Waals surface area contributed by atoms with Gasteiger partial charge in [-0.2, -0.15) is 0 Å². The first kappa shape index (κ1) is 13.2. The van der Waals surface area contributed by atoms with Gasteiger partial charge < -0.3 is 9.84 Å². The van der Waals surface area contributed by atoms with Gasteiger partial charge in [-0.25, -0.2) is 0 Å². The minimum atomic E-state index is -0.113. The van der Waals surface area contributed by atoms with Crippen LogP contribution in [-0.4, -0.2) is 11.7 Å². The molecule has 2 nitrogen and oxygen atoms in total. The summed E-state index contributed by atoms with van der Waals surface area (Å²) in [7, 11) is 0. The van der Waals surface area contributed by atoms with Crippen molar-refractivity contribution in [2.45, 2.75) is 13.5 Å². The maximum atomic E-state index is 8.62. The summed E-state index contributed by atoms with van der Waals surface area (Å²) >= 11 is 0. The molecule has 0 amide bonds. The highest BCUT2D eigenvalue weighted by Crippen LogP contribution is 2.14. The monoisotopic (exact) mass is 252 g/mol. The van der Waals surface area contributed by atoms with Crippen LogP contribution in [0.2, 0.25) is 0 Å². The van der Waals surface area contributed by atoms with E-state index in [1.54, 1.807) is 0 Å². The Kier molecular flexibility index (Phi) is 4.60. The molecule has 0 saturated carbocycles. The fraction of sp³-hybridized carbons (Fsp3) is 0.176. The number of benzene rings is 2. The molecule has 0 aliphatic carbocycles. The van der Waals surface area contributed by atoms with Crippen molar-refractivity contribution in [1.29, 1.82) is 0 Å². The zero-order chi connectivity index (χ0) is 13.5. The first-order valence-corrected chi connectivity index (χ1v) is 6.16. The van der Waals surface area contributed by atoms with E-state index in [-0.39, 0.29) is 6.61 Å². The fourth-order valence-electron chi connectivity index (χ4n) is 1.63. The van der Waals surface area contributed by atoms with Crippen molar-refractivity contribution in [3.8, 4) is 17.6 Å². The largest absolute Gasteiger partial charge is 0.489 e. The van der Waals surface area contributed by atoms with Gasteiger partial charge in [-0.15, -0.1) is 0 Å². The fourth-order valence-corrected chi connectivity index (χ4v) is 1.63. The summed E-state index contributed by atoms with van der Waals surface area (Å²) in [6, 6.07) is 15.8. The predicted octanol–water partition coefficient (Wildman–Crippen LogP) is 2.92. The SMILES string of the molecule is Cc1ccc(OCc2ccc(C#CCO)cc2)cc1. The minimum Gasteiger partial charge on any atom is -0.489 e. The molecule has 0 aliphatic heterocycles. The predicted molar refractivity (Wildman–Crippen MR) is 75.9 cm³/mol. The first-order valence-electron chi connectivity index (χ1n) is 6.16. The molecule has 2 aromatic rings. The lowest BCUT2D eigenvalue weighted by Gasteiger charge is -2.06. The van der Waals surface area contributed by atoms with Gasteiger partial charge in [-0.3, -0.25) is 0 Å². The Bertz CT molecular complexity index is 571.